The second-order valence-corrected chi connectivity index (χ2v) is 10.4. The molecule has 5 rings (SSSR count). The number of allylic oxidation sites excluding steroid dienone is 2. The number of likely N-dealkylation sites (tertiary alicyclic amines) is 1. The third kappa shape index (κ3) is 4.67. The lowest BCUT2D eigenvalue weighted by Gasteiger charge is -2.29. The molecule has 2 aliphatic carbocycles. The highest BCUT2D eigenvalue weighted by Crippen LogP contribution is 2.60. The topological polar surface area (TPSA) is 69.7 Å². The first kappa shape index (κ1) is 24.3. The van der Waals surface area contributed by atoms with Gasteiger partial charge in [-0.1, -0.05) is 32.4 Å². The summed E-state index contributed by atoms with van der Waals surface area (Å²) in [6.07, 6.45) is 9.07. The van der Waals surface area contributed by atoms with E-state index in [1.807, 2.05) is 0 Å². The fourth-order valence-electron chi connectivity index (χ4n) is 6.39. The van der Waals surface area contributed by atoms with Crippen molar-refractivity contribution in [1.29, 1.82) is 0 Å². The van der Waals surface area contributed by atoms with Gasteiger partial charge in [0, 0.05) is 31.0 Å². The van der Waals surface area contributed by atoms with Crippen molar-refractivity contribution in [3.05, 3.63) is 23.5 Å². The molecule has 5 aliphatic rings. The van der Waals surface area contributed by atoms with Crippen molar-refractivity contribution >= 4 is 5.91 Å². The minimum Gasteiger partial charge on any atom is -0.469 e. The summed E-state index contributed by atoms with van der Waals surface area (Å²) in [6, 6.07) is 0. The Balaban J connectivity index is 1.31. The summed E-state index contributed by atoms with van der Waals surface area (Å²) >= 11 is 0. The minimum absolute atomic E-state index is 0.0180. The number of carbonyl (C=O) groups is 1. The fraction of sp³-hybridized carbons (Fsp3) is 0.808. The molecule has 8 nitrogen and oxygen atoms in total. The number of carbonyl (C=O) groups excluding carboxylic acids is 1. The lowest BCUT2D eigenvalue weighted by molar-refractivity contribution is -0.188. The van der Waals surface area contributed by atoms with Crippen molar-refractivity contribution in [1.82, 2.24) is 9.96 Å². The van der Waals surface area contributed by atoms with Gasteiger partial charge in [-0.05, 0) is 43.6 Å². The van der Waals surface area contributed by atoms with E-state index in [2.05, 4.69) is 37.8 Å². The van der Waals surface area contributed by atoms with E-state index in [4.69, 9.17) is 23.8 Å². The molecule has 1 amide bonds. The molecule has 4 unspecified atom stereocenters. The largest absolute Gasteiger partial charge is 0.469 e. The van der Waals surface area contributed by atoms with Crippen molar-refractivity contribution in [3.63, 3.8) is 0 Å². The molecule has 0 bridgehead atoms. The van der Waals surface area contributed by atoms with Crippen LogP contribution in [-0.4, -0.2) is 80.1 Å². The van der Waals surface area contributed by atoms with Gasteiger partial charge in [0.1, 0.15) is 11.9 Å². The number of hydrogen-bond acceptors (Lipinski definition) is 7. The highest BCUT2D eigenvalue weighted by Gasteiger charge is 2.63. The maximum Gasteiger partial charge on any atom is 0.260 e. The highest BCUT2D eigenvalue weighted by molar-refractivity contribution is 5.77. The highest BCUT2D eigenvalue weighted by atomic mass is 16.7. The Hall–Kier alpha value is -1.45. The SMILES string of the molecule is CCCON(CCC)C(=O)CN1C[C@H](C2=CC=C3OCOC3C2C)CC12CC2CC1OCCO1. The maximum absolute atomic E-state index is 13.3. The number of hydrogen-bond donors (Lipinski definition) is 0. The predicted octanol–water partition coefficient (Wildman–Crippen LogP) is 3.24. The number of fused-ring (bicyclic) bond motifs is 1. The number of amides is 1. The molecule has 0 aromatic heterocycles. The smallest absolute Gasteiger partial charge is 0.260 e. The first-order valence-corrected chi connectivity index (χ1v) is 13.1. The molecule has 0 radical (unpaired) electrons. The lowest BCUT2D eigenvalue weighted by Crippen LogP contribution is -2.44. The van der Waals surface area contributed by atoms with Gasteiger partial charge in [-0.15, -0.1) is 0 Å². The molecule has 3 aliphatic heterocycles. The Labute approximate surface area is 203 Å². The van der Waals surface area contributed by atoms with Crippen LogP contribution in [0.1, 0.15) is 52.9 Å². The van der Waals surface area contributed by atoms with E-state index in [9.17, 15) is 4.79 Å². The second kappa shape index (κ2) is 10.3. The van der Waals surface area contributed by atoms with E-state index >= 15 is 0 Å². The number of nitrogens with zero attached hydrogens (tertiary/aromatic N) is 2. The molecule has 1 spiro atoms. The number of hydroxylamine groups is 2. The van der Waals surface area contributed by atoms with Gasteiger partial charge in [-0.2, -0.15) is 0 Å². The monoisotopic (exact) mass is 476 g/mol. The van der Waals surface area contributed by atoms with Gasteiger partial charge in [-0.25, -0.2) is 5.06 Å². The molecule has 190 valence electrons. The zero-order chi connectivity index (χ0) is 23.7. The fourth-order valence-corrected chi connectivity index (χ4v) is 6.39. The van der Waals surface area contributed by atoms with E-state index in [0.717, 1.165) is 44.4 Å². The van der Waals surface area contributed by atoms with Crippen molar-refractivity contribution in [2.45, 2.75) is 70.8 Å². The van der Waals surface area contributed by atoms with Crippen molar-refractivity contribution in [3.8, 4) is 0 Å². The first-order chi connectivity index (χ1) is 16.6. The summed E-state index contributed by atoms with van der Waals surface area (Å²) in [5, 5.41) is 1.59. The molecule has 5 atom stereocenters. The van der Waals surface area contributed by atoms with Crippen LogP contribution in [-0.2, 0) is 28.6 Å². The molecule has 4 fully saturated rings. The van der Waals surface area contributed by atoms with Crippen LogP contribution in [0.3, 0.4) is 0 Å². The van der Waals surface area contributed by atoms with Crippen LogP contribution in [0.4, 0.5) is 0 Å². The molecular weight excluding hydrogens is 436 g/mol. The molecule has 0 aromatic carbocycles. The zero-order valence-electron chi connectivity index (χ0n) is 20.9. The van der Waals surface area contributed by atoms with Crippen molar-refractivity contribution in [2.24, 2.45) is 17.8 Å². The third-order valence-corrected chi connectivity index (χ3v) is 8.17. The summed E-state index contributed by atoms with van der Waals surface area (Å²) in [7, 11) is 0. The van der Waals surface area contributed by atoms with Gasteiger partial charge in [0.05, 0.1) is 26.4 Å². The van der Waals surface area contributed by atoms with Gasteiger partial charge in [0.15, 0.2) is 13.1 Å². The van der Waals surface area contributed by atoms with E-state index in [1.165, 1.54) is 5.57 Å². The van der Waals surface area contributed by atoms with Gasteiger partial charge < -0.3 is 18.9 Å². The lowest BCUT2D eigenvalue weighted by atomic mass is 9.80. The maximum atomic E-state index is 13.3. The Bertz CT molecular complexity index is 809. The molecule has 8 heteroatoms. The Kier molecular flexibility index (Phi) is 7.32. The number of rotatable bonds is 10. The van der Waals surface area contributed by atoms with Crippen LogP contribution in [0.15, 0.2) is 23.5 Å². The standard InChI is InChI=1S/C26H40N2O6/c1-4-8-28(34-9-5-2)23(29)16-27-15-19(21-6-7-22-25(18(21)3)33-17-32-22)13-26(27)14-20(26)12-24-30-10-11-31-24/h6-7,18-20,24-25H,4-5,8-17H2,1-3H3/t18?,19-,20?,25?,26?/m1/s1. The summed E-state index contributed by atoms with van der Waals surface area (Å²) in [4.78, 5) is 21.6. The second-order valence-electron chi connectivity index (χ2n) is 10.4. The normalized spacial score (nSPS) is 35.3. The Morgan fingerprint density at radius 1 is 1.18 bits per heavy atom. The Morgan fingerprint density at radius 2 is 2.00 bits per heavy atom. The first-order valence-electron chi connectivity index (χ1n) is 13.1. The molecule has 3 heterocycles. The molecular formula is C26H40N2O6. The summed E-state index contributed by atoms with van der Waals surface area (Å²) < 4.78 is 23.0. The summed E-state index contributed by atoms with van der Waals surface area (Å²) in [5.74, 6) is 2.18. The Morgan fingerprint density at radius 3 is 2.76 bits per heavy atom. The summed E-state index contributed by atoms with van der Waals surface area (Å²) in [6.45, 7) is 10.6. The average Bonchev–Trinajstić information content (AvgIpc) is 3.26. The van der Waals surface area contributed by atoms with Crippen LogP contribution in [0.2, 0.25) is 0 Å². The third-order valence-electron chi connectivity index (χ3n) is 8.17. The van der Waals surface area contributed by atoms with Crippen LogP contribution < -0.4 is 0 Å². The van der Waals surface area contributed by atoms with Crippen LogP contribution in [0.5, 0.6) is 0 Å². The number of ether oxygens (including phenoxy) is 4. The molecule has 34 heavy (non-hydrogen) atoms. The average molecular weight is 477 g/mol. The predicted molar refractivity (Wildman–Crippen MR) is 125 cm³/mol. The van der Waals surface area contributed by atoms with Crippen LogP contribution >= 0.6 is 0 Å². The minimum atomic E-state index is -0.104. The van der Waals surface area contributed by atoms with Gasteiger partial charge >= 0.3 is 0 Å². The molecule has 0 aromatic rings. The van der Waals surface area contributed by atoms with E-state index in [-0.39, 0.29) is 29.8 Å². The van der Waals surface area contributed by atoms with E-state index in [1.54, 1.807) is 5.06 Å². The molecule has 0 N–H and O–H groups in total. The van der Waals surface area contributed by atoms with E-state index < -0.39 is 0 Å². The zero-order valence-corrected chi connectivity index (χ0v) is 20.9. The van der Waals surface area contributed by atoms with Gasteiger partial charge in [0.2, 0.25) is 0 Å². The molecule has 3 saturated heterocycles. The van der Waals surface area contributed by atoms with Gasteiger partial charge in [0.25, 0.3) is 5.91 Å². The summed E-state index contributed by atoms with van der Waals surface area (Å²) in [5.41, 5.74) is 1.45. The van der Waals surface area contributed by atoms with Crippen molar-refractivity contribution in [2.75, 3.05) is 46.2 Å². The quantitative estimate of drug-likeness (QED) is 0.448. The molecule has 1 saturated carbocycles. The van der Waals surface area contributed by atoms with Gasteiger partial charge in [-0.3, -0.25) is 14.5 Å². The van der Waals surface area contributed by atoms with Crippen LogP contribution in [0.25, 0.3) is 0 Å². The van der Waals surface area contributed by atoms with E-state index in [0.29, 0.717) is 51.5 Å². The van der Waals surface area contributed by atoms with Crippen LogP contribution in [0, 0.1) is 17.8 Å². The van der Waals surface area contributed by atoms with Crippen molar-refractivity contribution < 1.29 is 28.6 Å².